The number of hydrazone groups is 1. The number of amides is 2. The van der Waals surface area contributed by atoms with Gasteiger partial charge in [-0.2, -0.15) is 5.10 Å². The number of ether oxygens (including phenoxy) is 1. The van der Waals surface area contributed by atoms with Crippen LogP contribution in [0.15, 0.2) is 102 Å². The summed E-state index contributed by atoms with van der Waals surface area (Å²) in [6.07, 6.45) is 0.589. The normalized spacial score (nSPS) is 15.2. The van der Waals surface area contributed by atoms with E-state index in [1.165, 1.54) is 5.01 Å². The second-order valence-electron chi connectivity index (χ2n) is 8.13. The molecular weight excluding hydrogens is 426 g/mol. The van der Waals surface area contributed by atoms with Crippen LogP contribution in [0.4, 0.5) is 0 Å². The van der Waals surface area contributed by atoms with E-state index in [4.69, 9.17) is 15.6 Å². The van der Waals surface area contributed by atoms with E-state index in [0.29, 0.717) is 6.42 Å². The van der Waals surface area contributed by atoms with Gasteiger partial charge in [0.25, 0.3) is 11.8 Å². The second kappa shape index (κ2) is 9.19. The third kappa shape index (κ3) is 4.26. The van der Waals surface area contributed by atoms with Gasteiger partial charge in [-0.25, -0.2) is 5.01 Å². The summed E-state index contributed by atoms with van der Waals surface area (Å²) in [7, 11) is 0. The summed E-state index contributed by atoms with van der Waals surface area (Å²) in [5.74, 6) is -0.635. The highest BCUT2D eigenvalue weighted by Crippen LogP contribution is 2.33. The molecule has 0 fully saturated rings. The Morgan fingerprint density at radius 1 is 0.882 bits per heavy atom. The van der Waals surface area contributed by atoms with E-state index in [1.807, 2.05) is 48.5 Å². The minimum atomic E-state index is -0.608. The number of benzene rings is 4. The molecule has 6 nitrogen and oxygen atoms in total. The summed E-state index contributed by atoms with van der Waals surface area (Å²) >= 11 is 0. The van der Waals surface area contributed by atoms with Crippen molar-refractivity contribution in [2.24, 2.45) is 10.8 Å². The number of rotatable bonds is 6. The lowest BCUT2D eigenvalue weighted by Gasteiger charge is -2.22. The first-order chi connectivity index (χ1) is 16.6. The van der Waals surface area contributed by atoms with Gasteiger partial charge in [0.1, 0.15) is 5.75 Å². The molecule has 0 aromatic heterocycles. The number of hydrogen-bond donors (Lipinski definition) is 1. The Morgan fingerprint density at radius 3 is 2.38 bits per heavy atom. The first kappa shape index (κ1) is 21.4. The van der Waals surface area contributed by atoms with Crippen molar-refractivity contribution in [1.82, 2.24) is 5.01 Å². The minimum Gasteiger partial charge on any atom is -0.483 e. The monoisotopic (exact) mass is 449 g/mol. The van der Waals surface area contributed by atoms with Crippen LogP contribution >= 0.6 is 0 Å². The van der Waals surface area contributed by atoms with Crippen LogP contribution in [0.25, 0.3) is 10.8 Å². The van der Waals surface area contributed by atoms with Gasteiger partial charge in [0.2, 0.25) is 0 Å². The SMILES string of the molecule is NC(=O)c1ccccc1OCC(=O)N1N=C(c2ccc3ccccc3c2)C[C@@H]1c1ccccc1. The lowest BCUT2D eigenvalue weighted by atomic mass is 9.97. The van der Waals surface area contributed by atoms with E-state index in [9.17, 15) is 9.59 Å². The zero-order valence-electron chi connectivity index (χ0n) is 18.4. The van der Waals surface area contributed by atoms with Crippen LogP contribution in [-0.4, -0.2) is 29.1 Å². The average Bonchev–Trinajstić information content (AvgIpc) is 3.33. The molecule has 0 saturated carbocycles. The van der Waals surface area contributed by atoms with Gasteiger partial charge in [-0.1, -0.05) is 78.9 Å². The molecular formula is C28H23N3O3. The molecule has 0 unspecified atom stereocenters. The van der Waals surface area contributed by atoms with Crippen LogP contribution in [0, 0.1) is 0 Å². The fraction of sp³-hybridized carbons (Fsp3) is 0.107. The Balaban J connectivity index is 1.43. The summed E-state index contributed by atoms with van der Waals surface area (Å²) in [5, 5.41) is 8.49. The van der Waals surface area contributed by atoms with E-state index in [0.717, 1.165) is 27.6 Å². The molecule has 2 amide bonds. The number of nitrogens with two attached hydrogens (primary N) is 1. The Morgan fingerprint density at radius 2 is 1.59 bits per heavy atom. The highest BCUT2D eigenvalue weighted by molar-refractivity contribution is 6.05. The Hall–Kier alpha value is -4.45. The van der Waals surface area contributed by atoms with Crippen molar-refractivity contribution in [3.63, 3.8) is 0 Å². The molecule has 0 spiro atoms. The minimum absolute atomic E-state index is 0.233. The molecule has 0 aliphatic carbocycles. The second-order valence-corrected chi connectivity index (χ2v) is 8.13. The molecule has 5 rings (SSSR count). The van der Waals surface area contributed by atoms with Crippen molar-refractivity contribution in [3.05, 3.63) is 114 Å². The molecule has 6 heteroatoms. The first-order valence-electron chi connectivity index (χ1n) is 11.1. The van der Waals surface area contributed by atoms with Crippen molar-refractivity contribution in [2.45, 2.75) is 12.5 Å². The zero-order chi connectivity index (χ0) is 23.5. The number of nitrogens with zero attached hydrogens (tertiary/aromatic N) is 2. The maximum Gasteiger partial charge on any atom is 0.281 e. The summed E-state index contributed by atoms with van der Waals surface area (Å²) in [5.41, 5.74) is 8.47. The molecule has 168 valence electrons. The number of hydrogen-bond acceptors (Lipinski definition) is 4. The molecule has 0 saturated heterocycles. The summed E-state index contributed by atoms with van der Waals surface area (Å²) in [6, 6.07) is 30.6. The molecule has 4 aromatic carbocycles. The predicted octanol–water partition coefficient (Wildman–Crippen LogP) is 4.70. The standard InChI is InChI=1S/C28H23N3O3/c29-28(33)23-12-6-7-13-26(23)34-18-27(32)31-25(20-9-2-1-3-10-20)17-24(30-31)22-15-14-19-8-4-5-11-21(19)16-22/h1-16,25H,17-18H2,(H2,29,33)/t25-/m1/s1. The number of primary amides is 1. The molecule has 34 heavy (non-hydrogen) atoms. The Bertz CT molecular complexity index is 1400. The van der Waals surface area contributed by atoms with Gasteiger partial charge in [0, 0.05) is 6.42 Å². The van der Waals surface area contributed by atoms with Crippen LogP contribution in [0.5, 0.6) is 5.75 Å². The highest BCUT2D eigenvalue weighted by atomic mass is 16.5. The first-order valence-corrected chi connectivity index (χ1v) is 11.1. The van der Waals surface area contributed by atoms with Crippen LogP contribution in [-0.2, 0) is 4.79 Å². The van der Waals surface area contributed by atoms with Crippen LogP contribution in [0.2, 0.25) is 0 Å². The van der Waals surface area contributed by atoms with Gasteiger partial charge >= 0.3 is 0 Å². The molecule has 4 aromatic rings. The van der Waals surface area contributed by atoms with Gasteiger partial charge in [0.05, 0.1) is 17.3 Å². The largest absolute Gasteiger partial charge is 0.483 e. The molecule has 0 radical (unpaired) electrons. The van der Waals surface area contributed by atoms with Gasteiger partial charge in [0.15, 0.2) is 6.61 Å². The average molecular weight is 450 g/mol. The maximum absolute atomic E-state index is 13.3. The van der Waals surface area contributed by atoms with Crippen LogP contribution < -0.4 is 10.5 Å². The Labute approximate surface area is 197 Å². The fourth-order valence-corrected chi connectivity index (χ4v) is 4.22. The van der Waals surface area contributed by atoms with E-state index < -0.39 is 5.91 Å². The summed E-state index contributed by atoms with van der Waals surface area (Å²) in [6.45, 7) is -0.262. The quantitative estimate of drug-likeness (QED) is 0.463. The third-order valence-electron chi connectivity index (χ3n) is 5.94. The number of carbonyl (C=O) groups excluding carboxylic acids is 2. The van der Waals surface area contributed by atoms with Crippen LogP contribution in [0.3, 0.4) is 0 Å². The van der Waals surface area contributed by atoms with E-state index in [1.54, 1.807) is 24.3 Å². The van der Waals surface area contributed by atoms with Crippen molar-refractivity contribution in [2.75, 3.05) is 6.61 Å². The predicted molar refractivity (Wildman–Crippen MR) is 132 cm³/mol. The van der Waals surface area contributed by atoms with Gasteiger partial charge < -0.3 is 10.5 Å². The number of para-hydroxylation sites is 1. The molecule has 1 aliphatic heterocycles. The topological polar surface area (TPSA) is 85.0 Å². The van der Waals surface area contributed by atoms with Gasteiger partial charge in [-0.05, 0) is 40.1 Å². The van der Waals surface area contributed by atoms with E-state index in [2.05, 4.69) is 24.3 Å². The molecule has 1 heterocycles. The summed E-state index contributed by atoms with van der Waals surface area (Å²) < 4.78 is 5.69. The maximum atomic E-state index is 13.3. The van der Waals surface area contributed by atoms with Gasteiger partial charge in [-0.15, -0.1) is 0 Å². The smallest absolute Gasteiger partial charge is 0.281 e. The fourth-order valence-electron chi connectivity index (χ4n) is 4.22. The van der Waals surface area contributed by atoms with Crippen molar-refractivity contribution >= 4 is 28.3 Å². The number of carbonyl (C=O) groups is 2. The molecule has 0 bridgehead atoms. The lowest BCUT2D eigenvalue weighted by Crippen LogP contribution is -2.31. The van der Waals surface area contributed by atoms with Gasteiger partial charge in [-0.3, -0.25) is 9.59 Å². The zero-order valence-corrected chi connectivity index (χ0v) is 18.4. The van der Waals surface area contributed by atoms with Crippen molar-refractivity contribution in [3.8, 4) is 5.75 Å². The Kier molecular flexibility index (Phi) is 5.79. The molecule has 1 atom stereocenters. The molecule has 2 N–H and O–H groups in total. The lowest BCUT2D eigenvalue weighted by molar-refractivity contribution is -0.135. The summed E-state index contributed by atoms with van der Waals surface area (Å²) in [4.78, 5) is 24.9. The van der Waals surface area contributed by atoms with E-state index in [-0.39, 0.29) is 29.9 Å². The highest BCUT2D eigenvalue weighted by Gasteiger charge is 2.33. The van der Waals surface area contributed by atoms with Crippen molar-refractivity contribution in [1.29, 1.82) is 0 Å². The molecule has 1 aliphatic rings. The van der Waals surface area contributed by atoms with E-state index >= 15 is 0 Å². The third-order valence-corrected chi connectivity index (χ3v) is 5.94. The number of fused-ring (bicyclic) bond motifs is 1. The van der Waals surface area contributed by atoms with Crippen molar-refractivity contribution < 1.29 is 14.3 Å². The van der Waals surface area contributed by atoms with Crippen LogP contribution in [0.1, 0.15) is 33.9 Å².